The maximum atomic E-state index is 5.69. The molecule has 252 valence electrons. The summed E-state index contributed by atoms with van der Waals surface area (Å²) in [5.41, 5.74) is 11.5. The van der Waals surface area contributed by atoms with E-state index in [1.165, 1.54) is 22.3 Å². The molecule has 0 amide bonds. The van der Waals surface area contributed by atoms with Crippen LogP contribution >= 0.6 is 0 Å². The summed E-state index contributed by atoms with van der Waals surface area (Å²) in [4.78, 5) is 7.03. The second-order valence-corrected chi connectivity index (χ2v) is 13.4. The Labute approximate surface area is 313 Å². The van der Waals surface area contributed by atoms with Crippen LogP contribution in [0.2, 0.25) is 0 Å². The van der Waals surface area contributed by atoms with Crippen molar-refractivity contribution in [3.8, 4) is 22.8 Å². The third-order valence-corrected chi connectivity index (χ3v) is 9.60. The summed E-state index contributed by atoms with van der Waals surface area (Å²) < 4.78 is 12.1. The molecule has 8 heteroatoms. The zero-order chi connectivity index (χ0) is 34.4. The van der Waals surface area contributed by atoms with Gasteiger partial charge < -0.3 is 13.7 Å². The smallest absolute Gasteiger partial charge is 0.512 e. The van der Waals surface area contributed by atoms with Crippen LogP contribution in [-0.4, -0.2) is 28.1 Å². The van der Waals surface area contributed by atoms with E-state index in [2.05, 4.69) is 133 Å². The van der Waals surface area contributed by atoms with Gasteiger partial charge in [-0.15, -0.1) is 48.5 Å². The van der Waals surface area contributed by atoms with Crippen molar-refractivity contribution in [1.29, 1.82) is 0 Å². The zero-order valence-electron chi connectivity index (χ0n) is 29.3. The molecule has 5 aromatic carbocycles. The van der Waals surface area contributed by atoms with E-state index in [4.69, 9.17) is 4.42 Å². The summed E-state index contributed by atoms with van der Waals surface area (Å²) in [7, 11) is 2.18. The first-order chi connectivity index (χ1) is 24.4. The minimum atomic E-state index is 0. The Balaban J connectivity index is 0.000000157. The molecule has 0 atom stereocenters. The predicted molar refractivity (Wildman–Crippen MR) is 203 cm³/mol. The van der Waals surface area contributed by atoms with Gasteiger partial charge in [0, 0.05) is 23.8 Å². The van der Waals surface area contributed by atoms with Gasteiger partial charge in [0.1, 0.15) is 0 Å². The molecule has 9 rings (SSSR count). The molecule has 4 heterocycles. The molecule has 0 saturated heterocycles. The van der Waals surface area contributed by atoms with Gasteiger partial charge in [-0.25, -0.2) is 0 Å². The van der Waals surface area contributed by atoms with Crippen LogP contribution in [0.15, 0.2) is 132 Å². The number of nitrogens with zero attached hydrogens (tertiary/aromatic N) is 5. The van der Waals surface area contributed by atoms with Crippen molar-refractivity contribution in [2.24, 2.45) is 0 Å². The standard InChI is InChI=1S/C22H25BN3.C21H13N2O.Ir/c1-15(2)17-10-8-11-18(16(3)4)21(17)23-25(5)20-12-7-6-9-19(20)22-24-13-14-26(22)23;1-2-8-16(9-3-1)22-15-23(19-12-6-5-11-18(19)22)20-14-24-21-13-7-4-10-17(20)21;/h6-8,10-16H,1-5H3;1-9,11-14H;/q2*-1;+3. The molecule has 1 aliphatic heterocycles. The first-order valence-corrected chi connectivity index (χ1v) is 17.2. The average molecular weight is 844 g/mol. The van der Waals surface area contributed by atoms with Gasteiger partial charge >= 0.3 is 27.1 Å². The Morgan fingerprint density at radius 2 is 1.47 bits per heavy atom. The number of rotatable bonds is 5. The normalized spacial score (nSPS) is 12.1. The van der Waals surface area contributed by atoms with Crippen LogP contribution in [-0.2, 0) is 20.1 Å². The minimum absolute atomic E-state index is 0. The maximum absolute atomic E-state index is 5.69. The summed E-state index contributed by atoms with van der Waals surface area (Å²) in [6.07, 6.45) is 9.22. The Morgan fingerprint density at radius 3 is 2.24 bits per heavy atom. The molecule has 0 N–H and O–H groups in total. The second kappa shape index (κ2) is 14.2. The Morgan fingerprint density at radius 1 is 0.765 bits per heavy atom. The quantitative estimate of drug-likeness (QED) is 0.0992. The molecule has 8 aromatic rings. The largest absolute Gasteiger partial charge is 3.00 e. The summed E-state index contributed by atoms with van der Waals surface area (Å²) in [6.45, 7) is 9.22. The zero-order valence-corrected chi connectivity index (χ0v) is 31.7. The molecule has 6 nitrogen and oxygen atoms in total. The van der Waals surface area contributed by atoms with Gasteiger partial charge in [-0.2, -0.15) is 0 Å². The van der Waals surface area contributed by atoms with Crippen LogP contribution in [0.3, 0.4) is 0 Å². The van der Waals surface area contributed by atoms with Gasteiger partial charge in [0.2, 0.25) is 0 Å². The van der Waals surface area contributed by atoms with Crippen molar-refractivity contribution in [3.05, 3.63) is 157 Å². The Bertz CT molecular complexity index is 2420. The number of imidazole rings is 2. The van der Waals surface area contributed by atoms with E-state index < -0.39 is 0 Å². The van der Waals surface area contributed by atoms with E-state index in [-0.39, 0.29) is 27.1 Å². The fourth-order valence-corrected chi connectivity index (χ4v) is 7.23. The molecular weight excluding hydrogens is 806 g/mol. The van der Waals surface area contributed by atoms with Gasteiger partial charge in [-0.1, -0.05) is 105 Å². The van der Waals surface area contributed by atoms with Crippen molar-refractivity contribution in [2.75, 3.05) is 11.9 Å². The molecule has 1 aliphatic rings. The van der Waals surface area contributed by atoms with E-state index in [1.54, 1.807) is 6.26 Å². The van der Waals surface area contributed by atoms with E-state index in [0.29, 0.717) is 11.8 Å². The molecule has 0 aliphatic carbocycles. The number of anilines is 1. The Kier molecular flexibility index (Phi) is 9.56. The van der Waals surface area contributed by atoms with Crippen LogP contribution < -0.4 is 14.8 Å². The molecule has 0 bridgehead atoms. The number of benzene rings is 5. The predicted octanol–water partition coefficient (Wildman–Crippen LogP) is 8.54. The third-order valence-electron chi connectivity index (χ3n) is 9.60. The summed E-state index contributed by atoms with van der Waals surface area (Å²) >= 11 is 0. The minimum Gasteiger partial charge on any atom is -0.512 e. The van der Waals surface area contributed by atoms with E-state index in [9.17, 15) is 0 Å². The molecule has 3 aromatic heterocycles. The van der Waals surface area contributed by atoms with Crippen molar-refractivity contribution < 1.29 is 29.1 Å². The van der Waals surface area contributed by atoms with Gasteiger partial charge in [-0.05, 0) is 47.6 Å². The number of hydrogen-bond acceptors (Lipinski definition) is 3. The number of hydrogen-bond donors (Lipinski definition) is 0. The van der Waals surface area contributed by atoms with E-state index in [0.717, 1.165) is 44.8 Å². The van der Waals surface area contributed by atoms with E-state index >= 15 is 0 Å². The van der Waals surface area contributed by atoms with Gasteiger partial charge in [0.15, 0.2) is 0 Å². The second-order valence-electron chi connectivity index (χ2n) is 13.4. The third kappa shape index (κ3) is 6.03. The molecule has 0 radical (unpaired) electrons. The summed E-state index contributed by atoms with van der Waals surface area (Å²) in [6, 6.07) is 43.9. The van der Waals surface area contributed by atoms with Crippen LogP contribution in [0.25, 0.3) is 44.8 Å². The summed E-state index contributed by atoms with van der Waals surface area (Å²) in [5, 5.41) is 0.953. The van der Waals surface area contributed by atoms with Crippen LogP contribution in [0, 0.1) is 18.5 Å². The number of aromatic nitrogens is 4. The monoisotopic (exact) mass is 844 g/mol. The number of para-hydroxylation sites is 3. The first-order valence-electron chi connectivity index (χ1n) is 17.2. The van der Waals surface area contributed by atoms with Crippen molar-refractivity contribution in [2.45, 2.75) is 39.5 Å². The molecule has 0 fully saturated rings. The van der Waals surface area contributed by atoms with Crippen LogP contribution in [0.1, 0.15) is 50.7 Å². The fourth-order valence-electron chi connectivity index (χ4n) is 7.23. The average Bonchev–Trinajstić information content (AvgIpc) is 3.90. The van der Waals surface area contributed by atoms with Crippen molar-refractivity contribution in [1.82, 2.24) is 14.0 Å². The maximum Gasteiger partial charge on any atom is 3.00 e. The molecule has 0 unspecified atom stereocenters. The van der Waals surface area contributed by atoms with Crippen molar-refractivity contribution in [3.63, 3.8) is 0 Å². The topological polar surface area (TPSA) is 43.0 Å². The van der Waals surface area contributed by atoms with Crippen LogP contribution in [0.4, 0.5) is 5.69 Å². The Hall–Kier alpha value is -5.17. The van der Waals surface area contributed by atoms with Crippen molar-refractivity contribution >= 4 is 40.1 Å². The van der Waals surface area contributed by atoms with Gasteiger partial charge in [0.25, 0.3) is 6.33 Å². The van der Waals surface area contributed by atoms with Gasteiger partial charge in [0.05, 0.1) is 28.7 Å². The fraction of sp³-hybridized carbons (Fsp3) is 0.163. The molecule has 0 spiro atoms. The number of furan rings is 1. The molecule has 51 heavy (non-hydrogen) atoms. The molecular formula is C43H38BIrN5O+. The number of fused-ring (bicyclic) bond motifs is 5. The summed E-state index contributed by atoms with van der Waals surface area (Å²) in [5.74, 6) is 1.93. The van der Waals surface area contributed by atoms with Gasteiger partial charge in [-0.3, -0.25) is 14.1 Å². The molecule has 0 saturated carbocycles. The first kappa shape index (κ1) is 34.3. The van der Waals surface area contributed by atoms with Crippen LogP contribution in [0.5, 0.6) is 0 Å². The SMILES string of the molecule is CC(C)c1cccc(C(C)C)c1B1N(C)c2ccc[c-]c2-c2nccn21.[Ir+3].[c-]1cccc2occ(-n3[c-][n+](-c4ccccc4)c4ccccc43)c12. The van der Waals surface area contributed by atoms with E-state index in [1.807, 2.05) is 65.4 Å².